The number of carbonyl (C=O) groups is 3. The number of thiophene rings is 1. The minimum Gasteiger partial charge on any atom is -0.454 e. The lowest BCUT2D eigenvalue weighted by atomic mass is 10.4. The summed E-state index contributed by atoms with van der Waals surface area (Å²) in [5, 5.41) is 8.41. The second-order valence-corrected chi connectivity index (χ2v) is 5.91. The molecule has 0 aliphatic rings. The van der Waals surface area contributed by atoms with Gasteiger partial charge in [-0.05, 0) is 26.0 Å². The average molecular weight is 337 g/mol. The summed E-state index contributed by atoms with van der Waals surface area (Å²) in [6.45, 7) is 2.77. The van der Waals surface area contributed by atoms with Gasteiger partial charge >= 0.3 is 5.97 Å². The van der Waals surface area contributed by atoms with Gasteiger partial charge in [0.25, 0.3) is 11.8 Å². The Morgan fingerprint density at radius 3 is 2.70 bits per heavy atom. The molecule has 0 radical (unpaired) electrons. The SMILES string of the molecule is Cc1cc(NC(=O)COC(=O)CNC(=O)c2ccc(C)s2)no1. The fourth-order valence-corrected chi connectivity index (χ4v) is 2.38. The molecule has 0 spiro atoms. The van der Waals surface area contributed by atoms with E-state index < -0.39 is 18.5 Å². The molecule has 23 heavy (non-hydrogen) atoms. The van der Waals surface area contributed by atoms with Gasteiger partial charge in [-0.1, -0.05) is 5.16 Å². The molecule has 0 fully saturated rings. The van der Waals surface area contributed by atoms with E-state index in [1.165, 1.54) is 17.4 Å². The Morgan fingerprint density at radius 2 is 2.09 bits per heavy atom. The molecule has 2 amide bonds. The summed E-state index contributed by atoms with van der Waals surface area (Å²) >= 11 is 1.32. The molecule has 2 rings (SSSR count). The summed E-state index contributed by atoms with van der Waals surface area (Å²) in [7, 11) is 0. The number of rotatable bonds is 6. The molecular weight excluding hydrogens is 322 g/mol. The first-order valence-electron chi connectivity index (χ1n) is 6.67. The van der Waals surface area contributed by atoms with Crippen molar-refractivity contribution in [3.05, 3.63) is 33.7 Å². The molecule has 2 heterocycles. The molecule has 2 aromatic rings. The van der Waals surface area contributed by atoms with Crippen LogP contribution in [0.15, 0.2) is 22.7 Å². The summed E-state index contributed by atoms with van der Waals surface area (Å²) in [4.78, 5) is 36.3. The predicted octanol–water partition coefficient (Wildman–Crippen LogP) is 1.26. The highest BCUT2D eigenvalue weighted by Gasteiger charge is 2.12. The third kappa shape index (κ3) is 5.22. The Hall–Kier alpha value is -2.68. The van der Waals surface area contributed by atoms with Crippen LogP contribution in [-0.2, 0) is 14.3 Å². The number of hydrogen-bond donors (Lipinski definition) is 2. The van der Waals surface area contributed by atoms with E-state index >= 15 is 0 Å². The van der Waals surface area contributed by atoms with Gasteiger partial charge in [-0.2, -0.15) is 0 Å². The summed E-state index contributed by atoms with van der Waals surface area (Å²) in [5.41, 5.74) is 0. The zero-order valence-electron chi connectivity index (χ0n) is 12.5. The Balaban J connectivity index is 1.68. The predicted molar refractivity (Wildman–Crippen MR) is 82.2 cm³/mol. The lowest BCUT2D eigenvalue weighted by Crippen LogP contribution is -2.31. The highest BCUT2D eigenvalue weighted by molar-refractivity contribution is 7.13. The van der Waals surface area contributed by atoms with Crippen LogP contribution in [0.1, 0.15) is 20.3 Å². The normalized spacial score (nSPS) is 10.2. The van der Waals surface area contributed by atoms with Crippen molar-refractivity contribution in [3.63, 3.8) is 0 Å². The maximum absolute atomic E-state index is 11.7. The highest BCUT2D eigenvalue weighted by Crippen LogP contribution is 2.14. The zero-order valence-corrected chi connectivity index (χ0v) is 13.4. The smallest absolute Gasteiger partial charge is 0.325 e. The maximum Gasteiger partial charge on any atom is 0.325 e. The van der Waals surface area contributed by atoms with Gasteiger partial charge in [0.1, 0.15) is 12.3 Å². The Labute approximate surface area is 135 Å². The van der Waals surface area contributed by atoms with Crippen LogP contribution in [0.4, 0.5) is 5.82 Å². The van der Waals surface area contributed by atoms with Crippen molar-refractivity contribution < 1.29 is 23.6 Å². The van der Waals surface area contributed by atoms with E-state index in [-0.39, 0.29) is 18.3 Å². The van der Waals surface area contributed by atoms with E-state index in [9.17, 15) is 14.4 Å². The van der Waals surface area contributed by atoms with Gasteiger partial charge in [0.2, 0.25) is 0 Å². The van der Waals surface area contributed by atoms with Crippen molar-refractivity contribution >= 4 is 34.9 Å². The van der Waals surface area contributed by atoms with Crippen LogP contribution in [0.3, 0.4) is 0 Å². The summed E-state index contributed by atoms with van der Waals surface area (Å²) < 4.78 is 9.53. The first kappa shape index (κ1) is 16.7. The third-order valence-electron chi connectivity index (χ3n) is 2.62. The molecule has 9 heteroatoms. The molecule has 0 aliphatic carbocycles. The van der Waals surface area contributed by atoms with Crippen LogP contribution in [0.5, 0.6) is 0 Å². The number of esters is 1. The lowest BCUT2D eigenvalue weighted by molar-refractivity contribution is -0.146. The Bertz CT molecular complexity index is 722. The summed E-state index contributed by atoms with van der Waals surface area (Å²) in [6, 6.07) is 5.02. The fraction of sp³-hybridized carbons (Fsp3) is 0.286. The largest absolute Gasteiger partial charge is 0.454 e. The number of nitrogens with zero attached hydrogens (tertiary/aromatic N) is 1. The van der Waals surface area contributed by atoms with Crippen molar-refractivity contribution in [2.24, 2.45) is 0 Å². The van der Waals surface area contributed by atoms with E-state index in [1.54, 1.807) is 13.0 Å². The first-order chi connectivity index (χ1) is 10.9. The number of amides is 2. The van der Waals surface area contributed by atoms with Crippen LogP contribution in [0.25, 0.3) is 0 Å². The van der Waals surface area contributed by atoms with E-state index in [0.717, 1.165) is 4.88 Å². The minimum absolute atomic E-state index is 0.241. The molecular formula is C14H15N3O5S. The van der Waals surface area contributed by atoms with Gasteiger partial charge in [0.15, 0.2) is 12.4 Å². The molecule has 0 atom stereocenters. The zero-order chi connectivity index (χ0) is 16.8. The molecule has 0 unspecified atom stereocenters. The van der Waals surface area contributed by atoms with Gasteiger partial charge in [0.05, 0.1) is 4.88 Å². The molecule has 0 bridgehead atoms. The molecule has 0 saturated carbocycles. The van der Waals surface area contributed by atoms with Gasteiger partial charge in [0, 0.05) is 10.9 Å². The number of aromatic nitrogens is 1. The first-order valence-corrected chi connectivity index (χ1v) is 7.49. The number of nitrogens with one attached hydrogen (secondary N) is 2. The number of hydrogen-bond acceptors (Lipinski definition) is 7. The van der Waals surface area contributed by atoms with Gasteiger partial charge < -0.3 is 19.9 Å². The summed E-state index contributed by atoms with van der Waals surface area (Å²) in [6.07, 6.45) is 0. The highest BCUT2D eigenvalue weighted by atomic mass is 32.1. The Morgan fingerprint density at radius 1 is 1.30 bits per heavy atom. The molecule has 0 aromatic carbocycles. The second-order valence-electron chi connectivity index (χ2n) is 4.62. The molecule has 122 valence electrons. The number of ether oxygens (including phenoxy) is 1. The van der Waals surface area contributed by atoms with Crippen LogP contribution in [-0.4, -0.2) is 36.1 Å². The number of aryl methyl sites for hydroxylation is 2. The van der Waals surface area contributed by atoms with E-state index in [0.29, 0.717) is 10.6 Å². The average Bonchev–Trinajstić information content (AvgIpc) is 3.11. The monoisotopic (exact) mass is 337 g/mol. The minimum atomic E-state index is -0.710. The van der Waals surface area contributed by atoms with Gasteiger partial charge in [-0.15, -0.1) is 11.3 Å². The second kappa shape index (κ2) is 7.54. The maximum atomic E-state index is 11.7. The number of anilines is 1. The van der Waals surface area contributed by atoms with Gasteiger partial charge in [-0.25, -0.2) is 0 Å². The molecule has 0 saturated heterocycles. The molecule has 2 N–H and O–H groups in total. The standard InChI is InChI=1S/C14H15N3O5S/c1-8-5-11(17-22-8)16-12(18)7-21-13(19)6-15-14(20)10-4-3-9(2)23-10/h3-5H,6-7H2,1-2H3,(H,15,20)(H,16,17,18). The van der Waals surface area contributed by atoms with Crippen molar-refractivity contribution in [3.8, 4) is 0 Å². The van der Waals surface area contributed by atoms with Crippen molar-refractivity contribution in [2.75, 3.05) is 18.5 Å². The topological polar surface area (TPSA) is 111 Å². The van der Waals surface area contributed by atoms with E-state index in [4.69, 9.17) is 9.26 Å². The molecule has 0 aliphatic heterocycles. The lowest BCUT2D eigenvalue weighted by Gasteiger charge is -2.05. The van der Waals surface area contributed by atoms with E-state index in [2.05, 4.69) is 15.8 Å². The van der Waals surface area contributed by atoms with Crippen LogP contribution >= 0.6 is 11.3 Å². The van der Waals surface area contributed by atoms with Crippen LogP contribution in [0.2, 0.25) is 0 Å². The number of carbonyl (C=O) groups excluding carboxylic acids is 3. The van der Waals surface area contributed by atoms with Crippen molar-refractivity contribution in [1.29, 1.82) is 0 Å². The fourth-order valence-electron chi connectivity index (χ4n) is 1.60. The van der Waals surface area contributed by atoms with Crippen LogP contribution < -0.4 is 10.6 Å². The van der Waals surface area contributed by atoms with Crippen molar-refractivity contribution in [1.82, 2.24) is 10.5 Å². The van der Waals surface area contributed by atoms with Crippen LogP contribution in [0, 0.1) is 13.8 Å². The Kier molecular flexibility index (Phi) is 5.47. The third-order valence-corrected chi connectivity index (χ3v) is 3.62. The van der Waals surface area contributed by atoms with E-state index in [1.807, 2.05) is 13.0 Å². The summed E-state index contributed by atoms with van der Waals surface area (Å²) in [5.74, 6) is -0.832. The molecule has 8 nitrogen and oxygen atoms in total. The van der Waals surface area contributed by atoms with Gasteiger partial charge in [-0.3, -0.25) is 14.4 Å². The van der Waals surface area contributed by atoms with Crippen molar-refractivity contribution in [2.45, 2.75) is 13.8 Å². The quantitative estimate of drug-likeness (QED) is 0.768. The molecule has 2 aromatic heterocycles.